The van der Waals surface area contributed by atoms with Gasteiger partial charge in [-0.15, -0.1) is 11.8 Å². The van der Waals surface area contributed by atoms with Gasteiger partial charge in [0.2, 0.25) is 0 Å². The molecule has 0 aliphatic rings. The van der Waals surface area contributed by atoms with Crippen molar-refractivity contribution in [2.45, 2.75) is 31.2 Å². The Morgan fingerprint density at radius 3 is 2.44 bits per heavy atom. The Labute approximate surface area is 104 Å². The molecule has 96 valence electrons. The van der Waals surface area contributed by atoms with E-state index in [1.807, 2.05) is 18.8 Å². The van der Waals surface area contributed by atoms with Crippen LogP contribution in [0, 0.1) is 0 Å². The predicted molar refractivity (Wildman–Crippen MR) is 74.3 cm³/mol. The predicted octanol–water partition coefficient (Wildman–Crippen LogP) is 1.68. The summed E-state index contributed by atoms with van der Waals surface area (Å²) in [4.78, 5) is 1.37. The number of aryl methyl sites for hydroxylation is 1. The van der Waals surface area contributed by atoms with E-state index in [2.05, 4.69) is 36.7 Å². The van der Waals surface area contributed by atoms with Gasteiger partial charge in [-0.05, 0) is 43.0 Å². The molecule has 0 aliphatic carbocycles. The molecule has 1 rings (SSSR count). The lowest BCUT2D eigenvalue weighted by Gasteiger charge is -2.09. The van der Waals surface area contributed by atoms with Crippen LogP contribution in [0.3, 0.4) is 0 Å². The fourth-order valence-electron chi connectivity index (χ4n) is 1.59. The van der Waals surface area contributed by atoms with E-state index in [0.29, 0.717) is 0 Å². The number of benzene rings is 1. The Kier molecular flexibility index (Phi) is 10.8. The average Bonchev–Trinajstić information content (AvgIpc) is 2.21. The largest absolute Gasteiger partial charge is 0.412 e. The fourth-order valence-corrected chi connectivity index (χ4v) is 2.06. The molecule has 0 aliphatic heterocycles. The molecule has 1 aromatic carbocycles. The Balaban J connectivity index is -0.000000653. The Morgan fingerprint density at radius 1 is 1.25 bits per heavy atom. The van der Waals surface area contributed by atoms with Crippen molar-refractivity contribution >= 4 is 11.8 Å². The van der Waals surface area contributed by atoms with Crippen molar-refractivity contribution in [2.75, 3.05) is 13.3 Å². The van der Waals surface area contributed by atoms with Gasteiger partial charge in [0.1, 0.15) is 0 Å². The summed E-state index contributed by atoms with van der Waals surface area (Å²) in [7, 11) is 2.00. The first-order chi connectivity index (χ1) is 6.81. The van der Waals surface area contributed by atoms with Gasteiger partial charge in [0.25, 0.3) is 0 Å². The number of rotatable bonds is 5. The standard InChI is InChI=1S/C12H19NS.2H2O.H2/c1-4-5-10-8-12(14-3)7-6-11(10)9-13-2;;;/h6-8,13H,4-5,9H2,1-3H3;2*1H2;1H. The van der Waals surface area contributed by atoms with Crippen LogP contribution in [0.5, 0.6) is 0 Å². The molecule has 5 N–H and O–H groups in total. The van der Waals surface area contributed by atoms with E-state index in [0.717, 1.165) is 6.54 Å². The zero-order chi connectivity index (χ0) is 10.4. The molecule has 0 saturated heterocycles. The molecule has 0 atom stereocenters. The van der Waals surface area contributed by atoms with E-state index < -0.39 is 0 Å². The molecular formula is C12H25NO2S. The van der Waals surface area contributed by atoms with E-state index >= 15 is 0 Å². The Bertz CT molecular complexity index is 298. The molecule has 0 fully saturated rings. The first-order valence-corrected chi connectivity index (χ1v) is 6.34. The topological polar surface area (TPSA) is 75.0 Å². The van der Waals surface area contributed by atoms with Crippen molar-refractivity contribution in [3.8, 4) is 0 Å². The van der Waals surface area contributed by atoms with Gasteiger partial charge in [-0.3, -0.25) is 0 Å². The van der Waals surface area contributed by atoms with Crippen molar-refractivity contribution in [3.05, 3.63) is 29.3 Å². The highest BCUT2D eigenvalue weighted by Gasteiger charge is 2.02. The second-order valence-electron chi connectivity index (χ2n) is 3.41. The molecule has 0 saturated carbocycles. The normalized spacial score (nSPS) is 9.19. The van der Waals surface area contributed by atoms with E-state index in [9.17, 15) is 0 Å². The van der Waals surface area contributed by atoms with Crippen LogP contribution < -0.4 is 5.32 Å². The maximum absolute atomic E-state index is 3.21. The molecule has 0 unspecified atom stereocenters. The second kappa shape index (κ2) is 9.66. The summed E-state index contributed by atoms with van der Waals surface area (Å²) in [6.45, 7) is 3.21. The molecule has 1 aromatic rings. The molecule has 16 heavy (non-hydrogen) atoms. The molecule has 0 spiro atoms. The van der Waals surface area contributed by atoms with E-state index in [1.165, 1.54) is 28.9 Å². The summed E-state index contributed by atoms with van der Waals surface area (Å²) >= 11 is 1.82. The number of nitrogens with one attached hydrogen (secondary N) is 1. The zero-order valence-corrected chi connectivity index (χ0v) is 11.1. The molecular weight excluding hydrogens is 222 g/mol. The summed E-state index contributed by atoms with van der Waals surface area (Å²) in [5, 5.41) is 3.21. The van der Waals surface area contributed by atoms with Gasteiger partial charge in [0.15, 0.2) is 0 Å². The summed E-state index contributed by atoms with van der Waals surface area (Å²) < 4.78 is 0. The highest BCUT2D eigenvalue weighted by Crippen LogP contribution is 2.20. The highest BCUT2D eigenvalue weighted by atomic mass is 32.2. The van der Waals surface area contributed by atoms with Gasteiger partial charge in [-0.1, -0.05) is 19.4 Å². The summed E-state index contributed by atoms with van der Waals surface area (Å²) in [6.07, 6.45) is 4.53. The SMILES string of the molecule is CCCc1cc(SC)ccc1CNC.O.O.[HH]. The third kappa shape index (κ3) is 4.99. The van der Waals surface area contributed by atoms with E-state index in [4.69, 9.17) is 0 Å². The molecule has 4 heteroatoms. The minimum absolute atomic E-state index is 0. The van der Waals surface area contributed by atoms with Crippen molar-refractivity contribution in [1.29, 1.82) is 0 Å². The summed E-state index contributed by atoms with van der Waals surface area (Å²) in [6, 6.07) is 6.77. The summed E-state index contributed by atoms with van der Waals surface area (Å²) in [5.41, 5.74) is 2.93. The van der Waals surface area contributed by atoms with Crippen LogP contribution in [-0.2, 0) is 13.0 Å². The maximum Gasteiger partial charge on any atom is 0.0205 e. The van der Waals surface area contributed by atoms with Gasteiger partial charge in [0, 0.05) is 12.9 Å². The quantitative estimate of drug-likeness (QED) is 0.804. The molecule has 0 heterocycles. The third-order valence-electron chi connectivity index (χ3n) is 2.30. The van der Waals surface area contributed by atoms with Crippen LogP contribution in [0.4, 0.5) is 0 Å². The van der Waals surface area contributed by atoms with Crippen LogP contribution in [0.25, 0.3) is 0 Å². The first-order valence-electron chi connectivity index (χ1n) is 5.12. The lowest BCUT2D eigenvalue weighted by atomic mass is 10.0. The number of hydrogen-bond donors (Lipinski definition) is 1. The lowest BCUT2D eigenvalue weighted by Crippen LogP contribution is -2.07. The van der Waals surface area contributed by atoms with Gasteiger partial charge >= 0.3 is 0 Å². The lowest BCUT2D eigenvalue weighted by molar-refractivity contribution is 0.792. The van der Waals surface area contributed by atoms with Crippen molar-refractivity contribution in [1.82, 2.24) is 5.32 Å². The Hall–Kier alpha value is -0.550. The average molecular weight is 247 g/mol. The molecule has 3 nitrogen and oxygen atoms in total. The zero-order valence-electron chi connectivity index (χ0n) is 10.3. The number of thioether (sulfide) groups is 1. The van der Waals surface area contributed by atoms with Gasteiger partial charge < -0.3 is 16.3 Å². The second-order valence-corrected chi connectivity index (χ2v) is 4.29. The van der Waals surface area contributed by atoms with Crippen LogP contribution in [0.2, 0.25) is 0 Å². The molecule has 0 amide bonds. The van der Waals surface area contributed by atoms with E-state index in [-0.39, 0.29) is 12.4 Å². The third-order valence-corrected chi connectivity index (χ3v) is 3.03. The van der Waals surface area contributed by atoms with Gasteiger partial charge in [0.05, 0.1) is 0 Å². The van der Waals surface area contributed by atoms with Crippen molar-refractivity contribution < 1.29 is 12.4 Å². The van der Waals surface area contributed by atoms with Crippen LogP contribution in [-0.4, -0.2) is 24.3 Å². The van der Waals surface area contributed by atoms with Gasteiger partial charge in [-0.2, -0.15) is 0 Å². The molecule has 0 bridgehead atoms. The van der Waals surface area contributed by atoms with Crippen LogP contribution in [0.15, 0.2) is 23.1 Å². The summed E-state index contributed by atoms with van der Waals surface area (Å²) in [5.74, 6) is 0. The monoisotopic (exact) mass is 247 g/mol. The molecule has 0 radical (unpaired) electrons. The van der Waals surface area contributed by atoms with Gasteiger partial charge in [-0.25, -0.2) is 0 Å². The van der Waals surface area contributed by atoms with E-state index in [1.54, 1.807) is 0 Å². The maximum atomic E-state index is 3.21. The Morgan fingerprint density at radius 2 is 1.94 bits per heavy atom. The smallest absolute Gasteiger partial charge is 0.0205 e. The first kappa shape index (κ1) is 17.8. The molecule has 0 aromatic heterocycles. The van der Waals surface area contributed by atoms with Crippen LogP contribution >= 0.6 is 11.8 Å². The van der Waals surface area contributed by atoms with Crippen molar-refractivity contribution in [2.24, 2.45) is 0 Å². The highest BCUT2D eigenvalue weighted by molar-refractivity contribution is 7.98. The van der Waals surface area contributed by atoms with Crippen molar-refractivity contribution in [3.63, 3.8) is 0 Å². The van der Waals surface area contributed by atoms with Crippen LogP contribution in [0.1, 0.15) is 25.9 Å². The minimum Gasteiger partial charge on any atom is -0.412 e. The fraction of sp³-hybridized carbons (Fsp3) is 0.500. The minimum atomic E-state index is 0. The number of hydrogen-bond acceptors (Lipinski definition) is 2.